The van der Waals surface area contributed by atoms with E-state index in [4.69, 9.17) is 10.5 Å². The largest absolute Gasteiger partial charge is 0.507 e. The zero-order chi connectivity index (χ0) is 19.1. The van der Waals surface area contributed by atoms with E-state index in [1.165, 1.54) is 7.11 Å². The predicted octanol–water partition coefficient (Wildman–Crippen LogP) is 4.19. The van der Waals surface area contributed by atoms with Gasteiger partial charge in [0.1, 0.15) is 5.75 Å². The highest BCUT2D eigenvalue weighted by atomic mass is 16.5. The van der Waals surface area contributed by atoms with Gasteiger partial charge in [-0.05, 0) is 41.9 Å². The van der Waals surface area contributed by atoms with Gasteiger partial charge in [-0.25, -0.2) is 0 Å². The number of methoxy groups -OCH3 is 1. The van der Waals surface area contributed by atoms with Gasteiger partial charge in [0, 0.05) is 11.6 Å². The normalized spacial score (nSPS) is 14.4. The van der Waals surface area contributed by atoms with E-state index in [2.05, 4.69) is 41.5 Å². The number of aromatic hydroxyl groups is 1. The molecule has 1 aromatic rings. The minimum atomic E-state index is -0.947. The topological polar surface area (TPSA) is 72.5 Å². The van der Waals surface area contributed by atoms with E-state index in [0.717, 1.165) is 11.1 Å². The number of carbonyl (C=O) groups is 1. The van der Waals surface area contributed by atoms with E-state index < -0.39 is 17.4 Å². The van der Waals surface area contributed by atoms with Crippen LogP contribution in [0.2, 0.25) is 0 Å². The van der Waals surface area contributed by atoms with Gasteiger partial charge in [-0.15, -0.1) is 0 Å². The number of hydrogen-bond donors (Lipinski definition) is 2. The number of benzene rings is 1. The summed E-state index contributed by atoms with van der Waals surface area (Å²) >= 11 is 0. The number of phenols is 1. The van der Waals surface area contributed by atoms with Crippen LogP contribution < -0.4 is 5.73 Å². The molecule has 4 nitrogen and oxygen atoms in total. The number of esters is 1. The van der Waals surface area contributed by atoms with Crippen molar-refractivity contribution < 1.29 is 14.6 Å². The van der Waals surface area contributed by atoms with Gasteiger partial charge in [0.25, 0.3) is 0 Å². The monoisotopic (exact) mass is 335 g/mol. The lowest BCUT2D eigenvalue weighted by molar-refractivity contribution is -0.152. The van der Waals surface area contributed by atoms with Crippen LogP contribution in [-0.2, 0) is 20.4 Å². The first kappa shape index (κ1) is 20.5. The van der Waals surface area contributed by atoms with Crippen LogP contribution in [0.5, 0.6) is 5.75 Å². The molecule has 4 heteroatoms. The summed E-state index contributed by atoms with van der Waals surface area (Å²) in [5.41, 5.74) is 7.63. The van der Waals surface area contributed by atoms with Crippen molar-refractivity contribution in [3.63, 3.8) is 0 Å². The number of hydrogen-bond acceptors (Lipinski definition) is 4. The molecule has 136 valence electrons. The van der Waals surface area contributed by atoms with Gasteiger partial charge in [-0.2, -0.15) is 0 Å². The third-order valence-corrected chi connectivity index (χ3v) is 4.64. The Labute approximate surface area is 146 Å². The summed E-state index contributed by atoms with van der Waals surface area (Å²) < 4.78 is 4.89. The molecular formula is C20H33NO3. The Bertz CT molecular complexity index is 619. The molecule has 0 heterocycles. The van der Waals surface area contributed by atoms with E-state index in [-0.39, 0.29) is 16.6 Å². The minimum Gasteiger partial charge on any atom is -0.507 e. The fraction of sp³-hybridized carbons (Fsp3) is 0.650. The van der Waals surface area contributed by atoms with E-state index in [9.17, 15) is 9.90 Å². The zero-order valence-electron chi connectivity index (χ0n) is 16.6. The fourth-order valence-corrected chi connectivity index (χ4v) is 2.68. The van der Waals surface area contributed by atoms with Gasteiger partial charge in [-0.3, -0.25) is 4.79 Å². The van der Waals surface area contributed by atoms with Gasteiger partial charge >= 0.3 is 5.97 Å². The van der Waals surface area contributed by atoms with Gasteiger partial charge in [0.2, 0.25) is 0 Å². The zero-order valence-corrected chi connectivity index (χ0v) is 16.6. The molecule has 1 atom stereocenters. The van der Waals surface area contributed by atoms with E-state index in [1.54, 1.807) is 13.8 Å². The van der Waals surface area contributed by atoms with Crippen LogP contribution in [0.25, 0.3) is 0 Å². The molecule has 0 saturated carbocycles. The second-order valence-electron chi connectivity index (χ2n) is 9.15. The Kier molecular flexibility index (Phi) is 5.46. The molecule has 0 unspecified atom stereocenters. The minimum absolute atomic E-state index is 0.0996. The quantitative estimate of drug-likeness (QED) is 0.813. The van der Waals surface area contributed by atoms with Crippen molar-refractivity contribution in [2.45, 2.75) is 72.3 Å². The van der Waals surface area contributed by atoms with Crippen molar-refractivity contribution in [3.05, 3.63) is 28.8 Å². The summed E-state index contributed by atoms with van der Waals surface area (Å²) in [5, 5.41) is 10.9. The maximum atomic E-state index is 12.1. The summed E-state index contributed by atoms with van der Waals surface area (Å²) in [6.45, 7) is 16.0. The third kappa shape index (κ3) is 3.92. The Hall–Kier alpha value is -1.55. The Balaban J connectivity index is 3.66. The van der Waals surface area contributed by atoms with Crippen molar-refractivity contribution in [1.82, 2.24) is 0 Å². The second kappa shape index (κ2) is 6.40. The smallest absolute Gasteiger partial charge is 0.313 e. The first-order valence-corrected chi connectivity index (χ1v) is 8.36. The number of ether oxygens (including phenoxy) is 1. The Morgan fingerprint density at radius 2 is 1.54 bits per heavy atom. The first-order chi connectivity index (χ1) is 10.6. The molecule has 3 N–H and O–H groups in total. The van der Waals surface area contributed by atoms with Gasteiger partial charge in [0.15, 0.2) is 0 Å². The van der Waals surface area contributed by atoms with Gasteiger partial charge in [0.05, 0.1) is 12.5 Å². The highest BCUT2D eigenvalue weighted by Gasteiger charge is 2.39. The van der Waals surface area contributed by atoms with Crippen molar-refractivity contribution >= 4 is 5.97 Å². The van der Waals surface area contributed by atoms with E-state index in [1.807, 2.05) is 12.1 Å². The third-order valence-electron chi connectivity index (χ3n) is 4.64. The number of carbonyl (C=O) groups excluding carboxylic acids is 1. The molecule has 24 heavy (non-hydrogen) atoms. The molecule has 0 fully saturated rings. The van der Waals surface area contributed by atoms with Gasteiger partial charge < -0.3 is 15.6 Å². The number of phenolic OH excluding ortho intramolecular Hbond substituents is 1. The second-order valence-corrected chi connectivity index (χ2v) is 9.15. The summed E-state index contributed by atoms with van der Waals surface area (Å²) in [6, 6.07) is 3.28. The average molecular weight is 335 g/mol. The lowest BCUT2D eigenvalue weighted by Gasteiger charge is -2.33. The van der Waals surface area contributed by atoms with Crippen LogP contribution in [0.1, 0.15) is 78.1 Å². The summed E-state index contributed by atoms with van der Waals surface area (Å²) in [7, 11) is 1.35. The first-order valence-electron chi connectivity index (χ1n) is 8.36. The SMILES string of the molecule is COC(=O)C(C)(C)[C@@H](N)c1cc(C(C)(C)C)cc(C(C)(C)C)c1O. The molecule has 0 bridgehead atoms. The van der Waals surface area contributed by atoms with Crippen LogP contribution in [0.3, 0.4) is 0 Å². The fourth-order valence-electron chi connectivity index (χ4n) is 2.68. The van der Waals surface area contributed by atoms with Crippen LogP contribution in [0, 0.1) is 5.41 Å². The van der Waals surface area contributed by atoms with Crippen LogP contribution in [-0.4, -0.2) is 18.2 Å². The molecule has 0 radical (unpaired) electrons. The van der Waals surface area contributed by atoms with Crippen molar-refractivity contribution in [3.8, 4) is 5.75 Å². The van der Waals surface area contributed by atoms with Crippen molar-refractivity contribution in [2.24, 2.45) is 11.1 Å². The molecule has 0 spiro atoms. The molecule has 0 aliphatic rings. The van der Waals surface area contributed by atoms with E-state index >= 15 is 0 Å². The summed E-state index contributed by atoms with van der Waals surface area (Å²) in [6.07, 6.45) is 0. The molecular weight excluding hydrogens is 302 g/mol. The van der Waals surface area contributed by atoms with Crippen LogP contribution in [0.15, 0.2) is 12.1 Å². The van der Waals surface area contributed by atoms with Crippen molar-refractivity contribution in [1.29, 1.82) is 0 Å². The highest BCUT2D eigenvalue weighted by molar-refractivity contribution is 5.77. The number of nitrogens with two attached hydrogens (primary N) is 1. The van der Waals surface area contributed by atoms with Crippen molar-refractivity contribution in [2.75, 3.05) is 7.11 Å². The van der Waals surface area contributed by atoms with Crippen LogP contribution in [0.4, 0.5) is 0 Å². The standard InChI is InChI=1S/C20H33NO3/c1-18(2,3)12-10-13(15(22)14(11-12)19(4,5)6)16(21)20(7,8)17(23)24-9/h10-11,16,22H,21H2,1-9H3/t16-/m0/s1. The van der Waals surface area contributed by atoms with Crippen LogP contribution >= 0.6 is 0 Å². The number of rotatable bonds is 3. The summed E-state index contributed by atoms with van der Waals surface area (Å²) in [4.78, 5) is 12.1. The molecule has 0 amide bonds. The van der Waals surface area contributed by atoms with E-state index in [0.29, 0.717) is 5.56 Å². The molecule has 1 rings (SSSR count). The highest BCUT2D eigenvalue weighted by Crippen LogP contribution is 2.43. The lowest BCUT2D eigenvalue weighted by atomic mass is 9.74. The Morgan fingerprint density at radius 3 is 1.92 bits per heavy atom. The predicted molar refractivity (Wildman–Crippen MR) is 98.2 cm³/mol. The molecule has 0 aliphatic heterocycles. The molecule has 0 aromatic heterocycles. The summed E-state index contributed by atoms with van der Waals surface area (Å²) in [5.74, 6) is -0.229. The lowest BCUT2D eigenvalue weighted by Crippen LogP contribution is -2.37. The molecule has 1 aromatic carbocycles. The maximum Gasteiger partial charge on any atom is 0.313 e. The van der Waals surface area contributed by atoms with Gasteiger partial charge in [-0.1, -0.05) is 47.6 Å². The molecule has 0 aliphatic carbocycles. The average Bonchev–Trinajstić information content (AvgIpc) is 2.43. The Morgan fingerprint density at radius 1 is 1.04 bits per heavy atom. The molecule has 0 saturated heterocycles. The maximum absolute atomic E-state index is 12.1.